The van der Waals surface area contributed by atoms with E-state index in [1.807, 2.05) is 12.4 Å². The van der Waals surface area contributed by atoms with Gasteiger partial charge in [-0.15, -0.1) is 0 Å². The van der Waals surface area contributed by atoms with Gasteiger partial charge < -0.3 is 0 Å². The van der Waals surface area contributed by atoms with Gasteiger partial charge in [0.2, 0.25) is 0 Å². The van der Waals surface area contributed by atoms with E-state index in [0.717, 1.165) is 5.95 Å². The number of nitrogen functional groups attached to an aromatic ring is 1. The number of nitrogens with two attached hydrogens (primary N) is 1. The van der Waals surface area contributed by atoms with E-state index in [-0.39, 0.29) is 11.1 Å². The van der Waals surface area contributed by atoms with Crippen molar-refractivity contribution in [2.24, 2.45) is 0 Å². The minimum absolute atomic E-state index is 0.0422. The maximum atomic E-state index is 6.10. The summed E-state index contributed by atoms with van der Waals surface area (Å²) in [6, 6.07) is 0. The summed E-state index contributed by atoms with van der Waals surface area (Å²) in [5.41, 5.74) is 6.19. The first-order chi connectivity index (χ1) is 6.14. The molecular formula is C11H22N3+. The Morgan fingerprint density at radius 3 is 1.86 bits per heavy atom. The third-order valence-electron chi connectivity index (χ3n) is 2.30. The molecule has 1 rings (SSSR count). The maximum Gasteiger partial charge on any atom is 0.355 e. The molecular weight excluding hydrogens is 174 g/mol. The van der Waals surface area contributed by atoms with Crippen molar-refractivity contribution < 1.29 is 4.57 Å². The smallest absolute Gasteiger partial charge is 0.290 e. The Bertz CT molecular complexity index is 292. The average molecular weight is 196 g/mol. The van der Waals surface area contributed by atoms with Gasteiger partial charge in [-0.05, 0) is 41.5 Å². The first kappa shape index (κ1) is 11.1. The third kappa shape index (κ3) is 1.91. The Morgan fingerprint density at radius 2 is 1.64 bits per heavy atom. The highest BCUT2D eigenvalue weighted by atomic mass is 15.3. The zero-order valence-corrected chi connectivity index (χ0v) is 10.1. The molecule has 0 radical (unpaired) electrons. The molecule has 14 heavy (non-hydrogen) atoms. The number of hydrogen-bond donors (Lipinski definition) is 1. The standard InChI is InChI=1S/C11H21N3/c1-10(2,3)13-7-8-14(9(13)12)11(4,5)6/h7-8,12H,1-6H3/p+1. The van der Waals surface area contributed by atoms with Crippen LogP contribution in [0.5, 0.6) is 0 Å². The first-order valence-electron chi connectivity index (χ1n) is 5.03. The van der Waals surface area contributed by atoms with Crippen molar-refractivity contribution in [1.82, 2.24) is 4.57 Å². The van der Waals surface area contributed by atoms with E-state index in [0.29, 0.717) is 0 Å². The highest BCUT2D eigenvalue weighted by Crippen LogP contribution is 2.18. The van der Waals surface area contributed by atoms with E-state index < -0.39 is 0 Å². The monoisotopic (exact) mass is 196 g/mol. The lowest BCUT2D eigenvalue weighted by Crippen LogP contribution is -2.51. The van der Waals surface area contributed by atoms with E-state index in [4.69, 9.17) is 5.73 Å². The summed E-state index contributed by atoms with van der Waals surface area (Å²) in [5, 5.41) is 0. The molecule has 0 bridgehead atoms. The van der Waals surface area contributed by atoms with Gasteiger partial charge in [-0.2, -0.15) is 0 Å². The number of nitrogens with zero attached hydrogens (tertiary/aromatic N) is 2. The van der Waals surface area contributed by atoms with Crippen molar-refractivity contribution in [3.63, 3.8) is 0 Å². The molecule has 0 aliphatic carbocycles. The molecule has 3 heteroatoms. The average Bonchev–Trinajstić information content (AvgIpc) is 2.26. The van der Waals surface area contributed by atoms with Crippen LogP contribution in [0.2, 0.25) is 0 Å². The summed E-state index contributed by atoms with van der Waals surface area (Å²) >= 11 is 0. The Morgan fingerprint density at radius 1 is 1.14 bits per heavy atom. The summed E-state index contributed by atoms with van der Waals surface area (Å²) in [5.74, 6) is 0.810. The molecule has 0 spiro atoms. The second-order valence-corrected chi connectivity index (χ2v) is 5.74. The maximum absolute atomic E-state index is 6.10. The highest BCUT2D eigenvalue weighted by molar-refractivity contribution is 5.12. The van der Waals surface area contributed by atoms with Crippen LogP contribution in [0.25, 0.3) is 0 Å². The number of hydrogen-bond acceptors (Lipinski definition) is 1. The van der Waals surface area contributed by atoms with Crippen LogP contribution in [-0.2, 0) is 11.1 Å². The van der Waals surface area contributed by atoms with Crippen LogP contribution in [0.15, 0.2) is 12.4 Å². The van der Waals surface area contributed by atoms with E-state index in [1.165, 1.54) is 0 Å². The van der Waals surface area contributed by atoms with Gasteiger partial charge in [0.15, 0.2) is 0 Å². The molecule has 1 aromatic rings. The van der Waals surface area contributed by atoms with Gasteiger partial charge in [0.25, 0.3) is 0 Å². The molecule has 0 saturated heterocycles. The fourth-order valence-corrected chi connectivity index (χ4v) is 1.54. The van der Waals surface area contributed by atoms with Crippen molar-refractivity contribution in [3.05, 3.63) is 12.4 Å². The molecule has 3 nitrogen and oxygen atoms in total. The van der Waals surface area contributed by atoms with Gasteiger partial charge in [-0.3, -0.25) is 5.73 Å². The van der Waals surface area contributed by atoms with E-state index in [9.17, 15) is 0 Å². The van der Waals surface area contributed by atoms with Crippen LogP contribution in [0, 0.1) is 0 Å². The third-order valence-corrected chi connectivity index (χ3v) is 2.30. The van der Waals surface area contributed by atoms with Crippen molar-refractivity contribution in [1.29, 1.82) is 0 Å². The summed E-state index contributed by atoms with van der Waals surface area (Å²) in [4.78, 5) is 0. The van der Waals surface area contributed by atoms with E-state index >= 15 is 0 Å². The minimum atomic E-state index is 0.0422. The summed E-state index contributed by atoms with van der Waals surface area (Å²) in [6.45, 7) is 12.9. The van der Waals surface area contributed by atoms with Gasteiger partial charge in [0, 0.05) is 0 Å². The van der Waals surface area contributed by atoms with Gasteiger partial charge in [0.05, 0.1) is 23.5 Å². The van der Waals surface area contributed by atoms with Gasteiger partial charge in [-0.25, -0.2) is 9.13 Å². The molecule has 0 aromatic carbocycles. The van der Waals surface area contributed by atoms with E-state index in [1.54, 1.807) is 0 Å². The normalized spacial score (nSPS) is 13.3. The molecule has 0 unspecified atom stereocenters. The fraction of sp³-hybridized carbons (Fsp3) is 0.727. The lowest BCUT2D eigenvalue weighted by atomic mass is 10.1. The molecule has 0 aliphatic rings. The number of rotatable bonds is 0. The van der Waals surface area contributed by atoms with Crippen LogP contribution in [0.3, 0.4) is 0 Å². The summed E-state index contributed by atoms with van der Waals surface area (Å²) in [6.07, 6.45) is 4.08. The van der Waals surface area contributed by atoms with Crippen LogP contribution in [-0.4, -0.2) is 4.57 Å². The van der Waals surface area contributed by atoms with Crippen molar-refractivity contribution in [2.45, 2.75) is 52.6 Å². The molecule has 2 N–H and O–H groups in total. The molecule has 0 saturated carbocycles. The van der Waals surface area contributed by atoms with E-state index in [2.05, 4.69) is 50.7 Å². The van der Waals surface area contributed by atoms with Gasteiger partial charge >= 0.3 is 5.95 Å². The molecule has 80 valence electrons. The molecule has 1 aromatic heterocycles. The highest BCUT2D eigenvalue weighted by Gasteiger charge is 2.28. The van der Waals surface area contributed by atoms with Gasteiger partial charge in [-0.1, -0.05) is 0 Å². The van der Waals surface area contributed by atoms with Crippen molar-refractivity contribution in [2.75, 3.05) is 5.73 Å². The quantitative estimate of drug-likeness (QED) is 0.632. The Kier molecular flexibility index (Phi) is 2.38. The zero-order valence-electron chi connectivity index (χ0n) is 10.1. The topological polar surface area (TPSA) is 34.8 Å². The number of imidazole rings is 1. The van der Waals surface area contributed by atoms with Crippen molar-refractivity contribution >= 4 is 5.95 Å². The molecule has 0 atom stereocenters. The first-order valence-corrected chi connectivity index (χ1v) is 5.03. The molecule has 0 fully saturated rings. The Hall–Kier alpha value is -0.990. The fourth-order valence-electron chi connectivity index (χ4n) is 1.54. The Labute approximate surface area is 86.5 Å². The molecule has 0 amide bonds. The van der Waals surface area contributed by atoms with Crippen molar-refractivity contribution in [3.8, 4) is 0 Å². The summed E-state index contributed by atoms with van der Waals surface area (Å²) in [7, 11) is 0. The van der Waals surface area contributed by atoms with Gasteiger partial charge in [0.1, 0.15) is 0 Å². The lowest BCUT2D eigenvalue weighted by molar-refractivity contribution is -0.740. The second-order valence-electron chi connectivity index (χ2n) is 5.74. The lowest BCUT2D eigenvalue weighted by Gasteiger charge is -2.20. The predicted octanol–water partition coefficient (Wildman–Crippen LogP) is 1.87. The predicted molar refractivity (Wildman–Crippen MR) is 59.0 cm³/mol. The SMILES string of the molecule is CC(C)(C)n1cc[n+](C(C)(C)C)c1N. The Balaban J connectivity index is 3.23. The second kappa shape index (κ2) is 3.01. The van der Waals surface area contributed by atoms with Crippen LogP contribution in [0.1, 0.15) is 41.5 Å². The summed E-state index contributed by atoms with van der Waals surface area (Å²) < 4.78 is 4.19. The molecule has 0 aliphatic heterocycles. The number of anilines is 1. The number of aromatic nitrogens is 2. The molecule has 1 heterocycles. The zero-order chi connectivity index (χ0) is 11.1. The largest absolute Gasteiger partial charge is 0.355 e. The minimum Gasteiger partial charge on any atom is -0.290 e. The van der Waals surface area contributed by atoms with Crippen LogP contribution < -0.4 is 10.3 Å². The van der Waals surface area contributed by atoms with Crippen LogP contribution >= 0.6 is 0 Å². The van der Waals surface area contributed by atoms with Crippen LogP contribution in [0.4, 0.5) is 5.95 Å².